The molecule has 2 aromatic rings. The molecule has 0 fully saturated rings. The van der Waals surface area contributed by atoms with Crippen LogP contribution in [-0.4, -0.2) is 22.3 Å². The Morgan fingerprint density at radius 3 is 2.61 bits per heavy atom. The van der Waals surface area contributed by atoms with Gasteiger partial charge in [0.1, 0.15) is 5.01 Å². The molecular weight excluding hydrogens is 287 g/mol. The maximum Gasteiger partial charge on any atom is 0.108 e. The normalized spacial score (nSPS) is 12.2. The summed E-state index contributed by atoms with van der Waals surface area (Å²) in [6, 6.07) is 8.16. The van der Waals surface area contributed by atoms with Gasteiger partial charge in [0.25, 0.3) is 0 Å². The van der Waals surface area contributed by atoms with Crippen LogP contribution in [0.15, 0.2) is 24.3 Å². The lowest BCUT2D eigenvalue weighted by atomic mass is 10.0. The van der Waals surface area contributed by atoms with Gasteiger partial charge in [0.2, 0.25) is 0 Å². The molecule has 0 aliphatic heterocycles. The summed E-state index contributed by atoms with van der Waals surface area (Å²) in [5, 5.41) is 4.52. The maximum atomic E-state index is 6.01. The van der Waals surface area contributed by atoms with Gasteiger partial charge in [0.15, 0.2) is 0 Å². The Bertz CT molecular complexity index is 467. The highest BCUT2D eigenvalue weighted by Gasteiger charge is 2.25. The standard InChI is InChI=1S/C13H16Cl2N2S/c1-2-13(8-14,9-15)16-7-12-17-10-5-3-4-6-11(10)18-12/h3-6,16H,2,7-9H2,1H3. The van der Waals surface area contributed by atoms with Crippen molar-refractivity contribution in [2.45, 2.75) is 25.4 Å². The highest BCUT2D eigenvalue weighted by atomic mass is 35.5. The quantitative estimate of drug-likeness (QED) is 0.816. The van der Waals surface area contributed by atoms with E-state index in [4.69, 9.17) is 23.2 Å². The summed E-state index contributed by atoms with van der Waals surface area (Å²) >= 11 is 13.7. The molecule has 18 heavy (non-hydrogen) atoms. The van der Waals surface area contributed by atoms with Crippen LogP contribution >= 0.6 is 34.5 Å². The minimum absolute atomic E-state index is 0.193. The number of thiazole rings is 1. The van der Waals surface area contributed by atoms with E-state index in [2.05, 4.69) is 23.3 Å². The summed E-state index contributed by atoms with van der Waals surface area (Å²) in [5.74, 6) is 1.02. The SMILES string of the molecule is CCC(CCl)(CCl)NCc1nc2ccccc2s1. The van der Waals surface area contributed by atoms with Crippen molar-refractivity contribution in [3.05, 3.63) is 29.3 Å². The molecule has 0 aliphatic rings. The van der Waals surface area contributed by atoms with Crippen LogP contribution in [0.25, 0.3) is 10.2 Å². The number of halogens is 2. The number of hydrogen-bond donors (Lipinski definition) is 1. The Morgan fingerprint density at radius 1 is 1.28 bits per heavy atom. The molecule has 2 nitrogen and oxygen atoms in total. The fourth-order valence-corrected chi connectivity index (χ4v) is 3.46. The minimum atomic E-state index is -0.193. The molecule has 1 aromatic carbocycles. The summed E-state index contributed by atoms with van der Waals surface area (Å²) < 4.78 is 1.22. The number of aromatic nitrogens is 1. The van der Waals surface area contributed by atoms with Crippen LogP contribution in [0.5, 0.6) is 0 Å². The van der Waals surface area contributed by atoms with E-state index in [0.29, 0.717) is 18.3 Å². The third kappa shape index (κ3) is 2.97. The van der Waals surface area contributed by atoms with Crippen molar-refractivity contribution in [2.75, 3.05) is 11.8 Å². The molecule has 1 heterocycles. The number of nitrogens with zero attached hydrogens (tertiary/aromatic N) is 1. The van der Waals surface area contributed by atoms with E-state index in [0.717, 1.165) is 16.9 Å². The van der Waals surface area contributed by atoms with Crippen molar-refractivity contribution in [1.29, 1.82) is 0 Å². The summed E-state index contributed by atoms with van der Waals surface area (Å²) in [4.78, 5) is 4.59. The number of hydrogen-bond acceptors (Lipinski definition) is 3. The number of benzene rings is 1. The molecule has 0 atom stereocenters. The van der Waals surface area contributed by atoms with Crippen LogP contribution in [0.1, 0.15) is 18.4 Å². The van der Waals surface area contributed by atoms with Crippen LogP contribution in [0.3, 0.4) is 0 Å². The van der Waals surface area contributed by atoms with E-state index in [1.54, 1.807) is 11.3 Å². The van der Waals surface area contributed by atoms with Gasteiger partial charge in [-0.05, 0) is 18.6 Å². The zero-order chi connectivity index (χ0) is 13.0. The van der Waals surface area contributed by atoms with Crippen molar-refractivity contribution in [1.82, 2.24) is 10.3 Å². The lowest BCUT2D eigenvalue weighted by molar-refractivity contribution is 0.384. The van der Waals surface area contributed by atoms with Crippen molar-refractivity contribution < 1.29 is 0 Å². The van der Waals surface area contributed by atoms with Crippen molar-refractivity contribution in [3.8, 4) is 0 Å². The highest BCUT2D eigenvalue weighted by Crippen LogP contribution is 2.23. The maximum absolute atomic E-state index is 6.01. The van der Waals surface area contributed by atoms with Gasteiger partial charge in [-0.1, -0.05) is 19.1 Å². The first-order valence-corrected chi connectivity index (χ1v) is 7.83. The van der Waals surface area contributed by atoms with Crippen LogP contribution in [-0.2, 0) is 6.54 Å². The van der Waals surface area contributed by atoms with E-state index in [9.17, 15) is 0 Å². The second-order valence-electron chi connectivity index (χ2n) is 4.33. The van der Waals surface area contributed by atoms with Crippen LogP contribution in [0, 0.1) is 0 Å². The predicted molar refractivity (Wildman–Crippen MR) is 80.9 cm³/mol. The van der Waals surface area contributed by atoms with E-state index >= 15 is 0 Å². The lowest BCUT2D eigenvalue weighted by Crippen LogP contribution is -2.47. The van der Waals surface area contributed by atoms with Gasteiger partial charge in [0, 0.05) is 23.8 Å². The van der Waals surface area contributed by atoms with E-state index in [1.807, 2.05) is 18.2 Å². The van der Waals surface area contributed by atoms with E-state index < -0.39 is 0 Å². The molecule has 0 spiro atoms. The van der Waals surface area contributed by atoms with Crippen LogP contribution in [0.4, 0.5) is 0 Å². The minimum Gasteiger partial charge on any atom is -0.303 e. The molecule has 1 aromatic heterocycles. The molecule has 0 saturated carbocycles. The Morgan fingerprint density at radius 2 is 2.00 bits per heavy atom. The molecule has 1 N–H and O–H groups in total. The monoisotopic (exact) mass is 302 g/mol. The third-order valence-electron chi connectivity index (χ3n) is 3.14. The molecule has 0 amide bonds. The largest absolute Gasteiger partial charge is 0.303 e. The van der Waals surface area contributed by atoms with Gasteiger partial charge in [-0.15, -0.1) is 34.5 Å². The zero-order valence-corrected chi connectivity index (χ0v) is 12.6. The average Bonchev–Trinajstić information content (AvgIpc) is 2.84. The number of alkyl halides is 2. The van der Waals surface area contributed by atoms with Gasteiger partial charge in [-0.3, -0.25) is 0 Å². The Labute approximate surface area is 121 Å². The zero-order valence-electron chi connectivity index (χ0n) is 10.2. The topological polar surface area (TPSA) is 24.9 Å². The molecule has 98 valence electrons. The second-order valence-corrected chi connectivity index (χ2v) is 5.98. The van der Waals surface area contributed by atoms with Gasteiger partial charge < -0.3 is 5.32 Å². The first-order valence-electron chi connectivity index (χ1n) is 5.94. The van der Waals surface area contributed by atoms with Crippen LogP contribution < -0.4 is 5.32 Å². The Kier molecular flexibility index (Phi) is 4.84. The highest BCUT2D eigenvalue weighted by molar-refractivity contribution is 7.18. The molecule has 0 saturated heterocycles. The average molecular weight is 303 g/mol. The summed E-state index contributed by atoms with van der Waals surface area (Å²) in [5.41, 5.74) is 0.860. The third-order valence-corrected chi connectivity index (χ3v) is 5.20. The lowest BCUT2D eigenvalue weighted by Gasteiger charge is -2.29. The second kappa shape index (κ2) is 6.20. The molecule has 0 radical (unpaired) electrons. The Hall–Kier alpha value is -0.350. The molecule has 2 rings (SSSR count). The first kappa shape index (κ1) is 14.1. The van der Waals surface area contributed by atoms with Crippen molar-refractivity contribution >= 4 is 44.8 Å². The predicted octanol–water partition coefficient (Wildman–Crippen LogP) is 4.01. The fourth-order valence-electron chi connectivity index (χ4n) is 1.70. The molecule has 0 aliphatic carbocycles. The molecule has 0 bridgehead atoms. The number of nitrogens with one attached hydrogen (secondary N) is 1. The van der Waals surface area contributed by atoms with Crippen molar-refractivity contribution in [2.24, 2.45) is 0 Å². The number of rotatable bonds is 6. The van der Waals surface area contributed by atoms with Gasteiger partial charge >= 0.3 is 0 Å². The van der Waals surface area contributed by atoms with Gasteiger partial charge in [0.05, 0.1) is 10.2 Å². The summed E-state index contributed by atoms with van der Waals surface area (Å²) in [7, 11) is 0. The summed E-state index contributed by atoms with van der Waals surface area (Å²) in [6.07, 6.45) is 0.908. The molecule has 0 unspecified atom stereocenters. The fraction of sp³-hybridized carbons (Fsp3) is 0.462. The molecule has 5 heteroatoms. The Balaban J connectivity index is 2.09. The molecular formula is C13H16Cl2N2S. The number of para-hydroxylation sites is 1. The smallest absolute Gasteiger partial charge is 0.108 e. The number of fused-ring (bicyclic) bond motifs is 1. The summed E-state index contributed by atoms with van der Waals surface area (Å²) in [6.45, 7) is 2.81. The van der Waals surface area contributed by atoms with Crippen LogP contribution in [0.2, 0.25) is 0 Å². The van der Waals surface area contributed by atoms with E-state index in [1.165, 1.54) is 4.70 Å². The van der Waals surface area contributed by atoms with Gasteiger partial charge in [-0.25, -0.2) is 4.98 Å². The van der Waals surface area contributed by atoms with E-state index in [-0.39, 0.29) is 5.54 Å². The van der Waals surface area contributed by atoms with Crippen molar-refractivity contribution in [3.63, 3.8) is 0 Å². The first-order chi connectivity index (χ1) is 8.73. The van der Waals surface area contributed by atoms with Gasteiger partial charge in [-0.2, -0.15) is 0 Å².